The fraction of sp³-hybridized carbons (Fsp3) is 0.158. The molecule has 1 N–H and O–H groups in total. The summed E-state index contributed by atoms with van der Waals surface area (Å²) in [6.07, 6.45) is 5.10. The Kier molecular flexibility index (Phi) is 4.42. The fourth-order valence-electron chi connectivity index (χ4n) is 2.68. The van der Waals surface area contributed by atoms with Crippen LogP contribution in [0.4, 0.5) is 5.82 Å². The molecule has 7 nitrogen and oxygen atoms in total. The van der Waals surface area contributed by atoms with Crippen LogP contribution in [0.5, 0.6) is 0 Å². The summed E-state index contributed by atoms with van der Waals surface area (Å²) in [4.78, 5) is 26.7. The molecule has 0 spiro atoms. The highest BCUT2D eigenvalue weighted by Gasteiger charge is 2.22. The summed E-state index contributed by atoms with van der Waals surface area (Å²) in [5.74, 6) is 0.727. The van der Waals surface area contributed by atoms with E-state index in [2.05, 4.69) is 32.4 Å². The van der Waals surface area contributed by atoms with Gasteiger partial charge in [0, 0.05) is 25.5 Å². The molecule has 0 aliphatic carbocycles. The smallest absolute Gasteiger partial charge is 0.307 e. The van der Waals surface area contributed by atoms with Gasteiger partial charge in [0.1, 0.15) is 0 Å². The number of nitrogens with one attached hydrogen (secondary N) is 1. The van der Waals surface area contributed by atoms with E-state index >= 15 is 0 Å². The number of benzene rings is 1. The van der Waals surface area contributed by atoms with Crippen LogP contribution in [0.25, 0.3) is 0 Å². The van der Waals surface area contributed by atoms with Crippen LogP contribution >= 0.6 is 0 Å². The first kappa shape index (κ1) is 16.0. The van der Waals surface area contributed by atoms with Gasteiger partial charge in [0.05, 0.1) is 12.9 Å². The summed E-state index contributed by atoms with van der Waals surface area (Å²) in [6, 6.07) is 13.8. The first-order chi connectivity index (χ1) is 12.8. The average molecular weight is 347 g/mol. The molecule has 0 radical (unpaired) electrons. The Labute approximate surface area is 150 Å². The Balaban J connectivity index is 1.40. The number of oxazole rings is 1. The molecule has 0 atom stereocenters. The van der Waals surface area contributed by atoms with Gasteiger partial charge < -0.3 is 14.6 Å². The molecule has 0 bridgehead atoms. The summed E-state index contributed by atoms with van der Waals surface area (Å²) in [6.45, 7) is 1.63. The van der Waals surface area contributed by atoms with Crippen LogP contribution in [0.1, 0.15) is 27.6 Å². The number of pyridine rings is 1. The van der Waals surface area contributed by atoms with Crippen LogP contribution in [0.3, 0.4) is 0 Å². The minimum Gasteiger partial charge on any atom is -0.433 e. The Hall–Kier alpha value is -3.48. The first-order valence-electron chi connectivity index (χ1n) is 8.27. The van der Waals surface area contributed by atoms with Crippen LogP contribution in [-0.2, 0) is 19.6 Å². The van der Waals surface area contributed by atoms with Gasteiger partial charge >= 0.3 is 5.91 Å². The van der Waals surface area contributed by atoms with Gasteiger partial charge in [-0.15, -0.1) is 0 Å². The number of amides is 1. The number of fused-ring (bicyclic) bond motifs is 1. The highest BCUT2D eigenvalue weighted by Crippen LogP contribution is 2.25. The van der Waals surface area contributed by atoms with Crippen molar-refractivity contribution >= 4 is 18.1 Å². The minimum absolute atomic E-state index is 0.0303. The Bertz CT molecular complexity index is 922. The van der Waals surface area contributed by atoms with Gasteiger partial charge in [-0.3, -0.25) is 9.78 Å². The third-order valence-corrected chi connectivity index (χ3v) is 3.99. The zero-order chi connectivity index (χ0) is 17.8. The monoisotopic (exact) mass is 347 g/mol. The largest absolute Gasteiger partial charge is 0.433 e. The predicted octanol–water partition coefficient (Wildman–Crippen LogP) is 2.68. The lowest BCUT2D eigenvalue weighted by Crippen LogP contribution is -2.23. The number of hydrogen-bond acceptors (Lipinski definition) is 6. The normalized spacial score (nSPS) is 12.7. The quantitative estimate of drug-likeness (QED) is 0.767. The number of aromatic nitrogens is 2. The molecule has 1 aromatic carbocycles. The molecule has 2 aromatic heterocycles. The number of rotatable bonds is 5. The SMILES string of the molecule is O=C(NCc1ccncc1)c1nc2c(o1)CN(Cc1ccccc1)C=N2. The van der Waals surface area contributed by atoms with E-state index in [1.54, 1.807) is 18.7 Å². The number of hydrogen-bond donors (Lipinski definition) is 1. The molecule has 0 fully saturated rings. The molecule has 1 aliphatic rings. The van der Waals surface area contributed by atoms with Crippen molar-refractivity contribution in [3.8, 4) is 0 Å². The Morgan fingerprint density at radius 1 is 1.12 bits per heavy atom. The summed E-state index contributed by atoms with van der Waals surface area (Å²) >= 11 is 0. The van der Waals surface area contributed by atoms with E-state index < -0.39 is 0 Å². The molecule has 130 valence electrons. The van der Waals surface area contributed by atoms with Gasteiger partial charge in [0.25, 0.3) is 5.89 Å². The molecule has 7 heteroatoms. The van der Waals surface area contributed by atoms with Crippen molar-refractivity contribution in [2.24, 2.45) is 4.99 Å². The Morgan fingerprint density at radius 2 is 1.92 bits per heavy atom. The molecule has 3 aromatic rings. The van der Waals surface area contributed by atoms with Crippen molar-refractivity contribution in [1.29, 1.82) is 0 Å². The van der Waals surface area contributed by atoms with Crippen molar-refractivity contribution < 1.29 is 9.21 Å². The zero-order valence-electron chi connectivity index (χ0n) is 14.0. The van der Waals surface area contributed by atoms with E-state index in [1.165, 1.54) is 5.56 Å². The molecule has 0 saturated carbocycles. The summed E-state index contributed by atoms with van der Waals surface area (Å²) in [7, 11) is 0. The van der Waals surface area contributed by atoms with Crippen molar-refractivity contribution in [2.45, 2.75) is 19.6 Å². The van der Waals surface area contributed by atoms with Crippen molar-refractivity contribution in [3.63, 3.8) is 0 Å². The van der Waals surface area contributed by atoms with E-state index in [-0.39, 0.29) is 11.8 Å². The molecule has 26 heavy (non-hydrogen) atoms. The third-order valence-electron chi connectivity index (χ3n) is 3.99. The second-order valence-corrected chi connectivity index (χ2v) is 5.94. The van der Waals surface area contributed by atoms with Gasteiger partial charge in [-0.05, 0) is 23.3 Å². The standard InChI is InChI=1S/C19H17N5O2/c25-18(21-10-14-6-8-20-9-7-14)19-23-17-16(26-19)12-24(13-22-17)11-15-4-2-1-3-5-15/h1-9,13H,10-12H2,(H,21,25). The molecule has 3 heterocycles. The lowest BCUT2D eigenvalue weighted by molar-refractivity contribution is 0.0913. The Morgan fingerprint density at radius 3 is 2.73 bits per heavy atom. The van der Waals surface area contributed by atoms with Gasteiger partial charge in [-0.1, -0.05) is 30.3 Å². The summed E-state index contributed by atoms with van der Waals surface area (Å²) in [5.41, 5.74) is 2.13. The fourth-order valence-corrected chi connectivity index (χ4v) is 2.68. The molecular formula is C19H17N5O2. The van der Waals surface area contributed by atoms with Crippen molar-refractivity contribution in [2.75, 3.05) is 0 Å². The van der Waals surface area contributed by atoms with Crippen LogP contribution in [-0.4, -0.2) is 27.1 Å². The number of nitrogens with zero attached hydrogens (tertiary/aromatic N) is 4. The summed E-state index contributed by atoms with van der Waals surface area (Å²) < 4.78 is 5.63. The maximum Gasteiger partial charge on any atom is 0.307 e. The van der Waals surface area contributed by atoms with E-state index in [0.717, 1.165) is 5.56 Å². The van der Waals surface area contributed by atoms with Crippen LogP contribution < -0.4 is 5.32 Å². The van der Waals surface area contributed by atoms with E-state index in [1.807, 2.05) is 35.2 Å². The number of carbonyl (C=O) groups is 1. The van der Waals surface area contributed by atoms with Crippen molar-refractivity contribution in [3.05, 3.63) is 77.6 Å². The molecule has 1 amide bonds. The molecule has 1 aliphatic heterocycles. The highest BCUT2D eigenvalue weighted by molar-refractivity contribution is 5.90. The van der Waals surface area contributed by atoms with E-state index in [0.29, 0.717) is 31.2 Å². The van der Waals surface area contributed by atoms with Crippen LogP contribution in [0, 0.1) is 0 Å². The molecule has 0 unspecified atom stereocenters. The van der Waals surface area contributed by atoms with Gasteiger partial charge in [0.15, 0.2) is 11.6 Å². The lowest BCUT2D eigenvalue weighted by atomic mass is 10.2. The first-order valence-corrected chi connectivity index (χ1v) is 8.27. The molecular weight excluding hydrogens is 330 g/mol. The second-order valence-electron chi connectivity index (χ2n) is 5.94. The van der Waals surface area contributed by atoms with E-state index in [4.69, 9.17) is 4.42 Å². The minimum atomic E-state index is -0.360. The maximum absolute atomic E-state index is 12.3. The molecule has 4 rings (SSSR count). The number of aliphatic imine (C=N–C) groups is 1. The topological polar surface area (TPSA) is 83.6 Å². The zero-order valence-corrected chi connectivity index (χ0v) is 14.0. The van der Waals surface area contributed by atoms with Crippen LogP contribution in [0.15, 0.2) is 64.3 Å². The maximum atomic E-state index is 12.3. The van der Waals surface area contributed by atoms with Gasteiger partial charge in [-0.2, -0.15) is 4.98 Å². The van der Waals surface area contributed by atoms with E-state index in [9.17, 15) is 4.79 Å². The van der Waals surface area contributed by atoms with Gasteiger partial charge in [-0.25, -0.2) is 4.99 Å². The van der Waals surface area contributed by atoms with Crippen LogP contribution in [0.2, 0.25) is 0 Å². The highest BCUT2D eigenvalue weighted by atomic mass is 16.4. The second kappa shape index (κ2) is 7.18. The predicted molar refractivity (Wildman–Crippen MR) is 95.8 cm³/mol. The molecule has 0 saturated heterocycles. The van der Waals surface area contributed by atoms with Crippen molar-refractivity contribution in [1.82, 2.24) is 20.2 Å². The average Bonchev–Trinajstić information content (AvgIpc) is 3.11. The lowest BCUT2D eigenvalue weighted by Gasteiger charge is -2.20. The third kappa shape index (κ3) is 3.61. The number of carbonyl (C=O) groups excluding carboxylic acids is 1. The summed E-state index contributed by atoms with van der Waals surface area (Å²) in [5, 5.41) is 2.79. The van der Waals surface area contributed by atoms with Gasteiger partial charge in [0.2, 0.25) is 0 Å².